The van der Waals surface area contributed by atoms with Crippen molar-refractivity contribution < 1.29 is 4.79 Å². The Balaban J connectivity index is 2.02. The molecule has 1 saturated carbocycles. The van der Waals surface area contributed by atoms with Crippen molar-refractivity contribution in [3.63, 3.8) is 0 Å². The fraction of sp³-hybridized carbons (Fsp3) is 0.933. The maximum atomic E-state index is 11.7. The molecule has 3 heteroatoms. The maximum absolute atomic E-state index is 11.7. The minimum absolute atomic E-state index is 0.237. The molecule has 1 aliphatic carbocycles. The summed E-state index contributed by atoms with van der Waals surface area (Å²) in [4.78, 5) is 11.7. The van der Waals surface area contributed by atoms with Gasteiger partial charge in [-0.15, -0.1) is 0 Å². The van der Waals surface area contributed by atoms with E-state index in [-0.39, 0.29) is 5.91 Å². The van der Waals surface area contributed by atoms with Crippen molar-refractivity contribution in [2.75, 3.05) is 13.1 Å². The summed E-state index contributed by atoms with van der Waals surface area (Å²) in [5, 5.41) is 3.11. The van der Waals surface area contributed by atoms with Crippen LogP contribution in [-0.2, 0) is 4.79 Å². The van der Waals surface area contributed by atoms with Gasteiger partial charge in [-0.2, -0.15) is 0 Å². The van der Waals surface area contributed by atoms with Crippen LogP contribution in [0.5, 0.6) is 0 Å². The van der Waals surface area contributed by atoms with Gasteiger partial charge in [-0.1, -0.05) is 39.0 Å². The Labute approximate surface area is 112 Å². The largest absolute Gasteiger partial charge is 0.356 e. The highest BCUT2D eigenvalue weighted by atomic mass is 16.1. The molecule has 0 aromatic heterocycles. The summed E-state index contributed by atoms with van der Waals surface area (Å²) >= 11 is 0. The number of nitrogens with two attached hydrogens (primary N) is 1. The average Bonchev–Trinajstić information content (AvgIpc) is 2.37. The molecule has 1 amide bonds. The Morgan fingerprint density at radius 2 is 1.89 bits per heavy atom. The second-order valence-electron chi connectivity index (χ2n) is 5.78. The first-order valence-electron chi connectivity index (χ1n) is 7.70. The van der Waals surface area contributed by atoms with E-state index in [9.17, 15) is 4.79 Å². The lowest BCUT2D eigenvalue weighted by Crippen LogP contribution is -2.33. The minimum atomic E-state index is 0.237. The van der Waals surface area contributed by atoms with E-state index in [1.54, 1.807) is 0 Å². The number of carbonyl (C=O) groups excluding carboxylic acids is 1. The Kier molecular flexibility index (Phi) is 8.06. The van der Waals surface area contributed by atoms with Crippen LogP contribution in [0.15, 0.2) is 0 Å². The first-order valence-corrected chi connectivity index (χ1v) is 7.70. The number of hydrogen-bond donors (Lipinski definition) is 2. The zero-order chi connectivity index (χ0) is 13.2. The topological polar surface area (TPSA) is 55.1 Å². The molecule has 0 spiro atoms. The summed E-state index contributed by atoms with van der Waals surface area (Å²) in [6, 6.07) is 0. The molecule has 0 bridgehead atoms. The van der Waals surface area contributed by atoms with Crippen molar-refractivity contribution in [2.45, 2.75) is 64.7 Å². The monoisotopic (exact) mass is 254 g/mol. The Morgan fingerprint density at radius 1 is 1.17 bits per heavy atom. The third-order valence-corrected chi connectivity index (χ3v) is 4.21. The molecular formula is C15H30N2O. The van der Waals surface area contributed by atoms with Crippen molar-refractivity contribution in [3.05, 3.63) is 0 Å². The molecule has 1 aliphatic rings. The van der Waals surface area contributed by atoms with Gasteiger partial charge in [-0.05, 0) is 37.6 Å². The molecule has 106 valence electrons. The molecule has 1 fully saturated rings. The second-order valence-corrected chi connectivity index (χ2v) is 5.78. The van der Waals surface area contributed by atoms with E-state index in [1.807, 2.05) is 0 Å². The molecule has 0 aromatic rings. The molecule has 2 unspecified atom stereocenters. The fourth-order valence-corrected chi connectivity index (χ4v) is 2.81. The zero-order valence-electron chi connectivity index (χ0n) is 11.9. The van der Waals surface area contributed by atoms with Gasteiger partial charge in [0.1, 0.15) is 0 Å². The van der Waals surface area contributed by atoms with Crippen molar-refractivity contribution in [1.29, 1.82) is 0 Å². The summed E-state index contributed by atoms with van der Waals surface area (Å²) in [5.74, 6) is 1.73. The normalized spacial score (nSPS) is 23.9. The van der Waals surface area contributed by atoms with Crippen LogP contribution in [0.25, 0.3) is 0 Å². The molecule has 0 heterocycles. The number of rotatable bonds is 8. The standard InChI is InChI=1S/C15H30N2O/c1-13-8-5-6-9-14(13)12-17-15(18)10-4-2-3-7-11-16/h13-14H,2-12,16H2,1H3,(H,17,18). The lowest BCUT2D eigenvalue weighted by molar-refractivity contribution is -0.121. The van der Waals surface area contributed by atoms with Crippen LogP contribution in [-0.4, -0.2) is 19.0 Å². The van der Waals surface area contributed by atoms with E-state index in [0.717, 1.165) is 44.7 Å². The van der Waals surface area contributed by atoms with Gasteiger partial charge in [0.15, 0.2) is 0 Å². The smallest absolute Gasteiger partial charge is 0.220 e. The average molecular weight is 254 g/mol. The molecule has 0 aromatic carbocycles. The first-order chi connectivity index (χ1) is 8.74. The molecule has 2 atom stereocenters. The Hall–Kier alpha value is -0.570. The first kappa shape index (κ1) is 15.5. The van der Waals surface area contributed by atoms with Crippen LogP contribution < -0.4 is 11.1 Å². The molecule has 18 heavy (non-hydrogen) atoms. The predicted octanol–water partition coefficient (Wildman–Crippen LogP) is 2.84. The molecule has 0 radical (unpaired) electrons. The number of carbonyl (C=O) groups is 1. The molecule has 3 nitrogen and oxygen atoms in total. The van der Waals surface area contributed by atoms with E-state index < -0.39 is 0 Å². The van der Waals surface area contributed by atoms with Crippen LogP contribution in [0.3, 0.4) is 0 Å². The zero-order valence-corrected chi connectivity index (χ0v) is 11.9. The summed E-state index contributed by atoms with van der Waals surface area (Å²) in [6.07, 6.45) is 10.4. The Morgan fingerprint density at radius 3 is 2.61 bits per heavy atom. The van der Waals surface area contributed by atoms with Gasteiger partial charge < -0.3 is 11.1 Å². The van der Waals surface area contributed by atoms with E-state index in [0.29, 0.717) is 12.3 Å². The predicted molar refractivity (Wildman–Crippen MR) is 76.3 cm³/mol. The van der Waals surface area contributed by atoms with Crippen LogP contribution in [0.1, 0.15) is 64.7 Å². The van der Waals surface area contributed by atoms with E-state index in [2.05, 4.69) is 12.2 Å². The van der Waals surface area contributed by atoms with Crippen molar-refractivity contribution >= 4 is 5.91 Å². The molecule has 3 N–H and O–H groups in total. The highest BCUT2D eigenvalue weighted by molar-refractivity contribution is 5.75. The van der Waals surface area contributed by atoms with Crippen LogP contribution in [0.4, 0.5) is 0 Å². The van der Waals surface area contributed by atoms with E-state index in [4.69, 9.17) is 5.73 Å². The highest BCUT2D eigenvalue weighted by Gasteiger charge is 2.21. The van der Waals surface area contributed by atoms with Crippen LogP contribution in [0.2, 0.25) is 0 Å². The quantitative estimate of drug-likeness (QED) is 0.654. The number of unbranched alkanes of at least 4 members (excludes halogenated alkanes) is 3. The van der Waals surface area contributed by atoms with Crippen LogP contribution >= 0.6 is 0 Å². The van der Waals surface area contributed by atoms with Gasteiger partial charge >= 0.3 is 0 Å². The fourth-order valence-electron chi connectivity index (χ4n) is 2.81. The second kappa shape index (κ2) is 9.37. The van der Waals surface area contributed by atoms with Gasteiger partial charge in [-0.25, -0.2) is 0 Å². The third-order valence-electron chi connectivity index (χ3n) is 4.21. The summed E-state index contributed by atoms with van der Waals surface area (Å²) in [7, 11) is 0. The van der Waals surface area contributed by atoms with Crippen molar-refractivity contribution in [1.82, 2.24) is 5.32 Å². The number of hydrogen-bond acceptors (Lipinski definition) is 2. The van der Waals surface area contributed by atoms with Crippen LogP contribution in [0, 0.1) is 11.8 Å². The molecular weight excluding hydrogens is 224 g/mol. The SMILES string of the molecule is CC1CCCCC1CNC(=O)CCCCCCN. The Bertz CT molecular complexity index is 231. The van der Waals surface area contributed by atoms with E-state index in [1.165, 1.54) is 25.7 Å². The lowest BCUT2D eigenvalue weighted by Gasteiger charge is -2.28. The highest BCUT2D eigenvalue weighted by Crippen LogP contribution is 2.28. The lowest BCUT2D eigenvalue weighted by atomic mass is 9.80. The molecule has 0 saturated heterocycles. The summed E-state index contributed by atoms with van der Waals surface area (Å²) in [6.45, 7) is 3.98. The summed E-state index contributed by atoms with van der Waals surface area (Å²) < 4.78 is 0. The van der Waals surface area contributed by atoms with Gasteiger partial charge in [0.25, 0.3) is 0 Å². The minimum Gasteiger partial charge on any atom is -0.356 e. The maximum Gasteiger partial charge on any atom is 0.220 e. The van der Waals surface area contributed by atoms with Gasteiger partial charge in [-0.3, -0.25) is 4.79 Å². The van der Waals surface area contributed by atoms with Gasteiger partial charge in [0.2, 0.25) is 5.91 Å². The van der Waals surface area contributed by atoms with Crippen molar-refractivity contribution in [2.24, 2.45) is 17.6 Å². The number of nitrogens with one attached hydrogen (secondary N) is 1. The molecule has 1 rings (SSSR count). The third kappa shape index (κ3) is 6.39. The molecule has 0 aliphatic heterocycles. The van der Waals surface area contributed by atoms with Gasteiger partial charge in [0, 0.05) is 13.0 Å². The summed E-state index contributed by atoms with van der Waals surface area (Å²) in [5.41, 5.74) is 5.43. The number of amides is 1. The van der Waals surface area contributed by atoms with Gasteiger partial charge in [0.05, 0.1) is 0 Å². The van der Waals surface area contributed by atoms with Crippen molar-refractivity contribution in [3.8, 4) is 0 Å². The van der Waals surface area contributed by atoms with E-state index >= 15 is 0 Å².